The van der Waals surface area contributed by atoms with Crippen molar-refractivity contribution in [1.29, 1.82) is 0 Å². The van der Waals surface area contributed by atoms with Gasteiger partial charge in [-0.1, -0.05) is 109 Å². The first kappa shape index (κ1) is 21.2. The predicted molar refractivity (Wildman–Crippen MR) is 162 cm³/mol. The van der Waals surface area contributed by atoms with Crippen LogP contribution in [0.1, 0.15) is 5.56 Å². The third kappa shape index (κ3) is 2.99. The van der Waals surface area contributed by atoms with Crippen LogP contribution in [0.15, 0.2) is 132 Å². The Balaban J connectivity index is 1.49. The largest absolute Gasteiger partial charge is 0.456 e. The fourth-order valence-electron chi connectivity index (χ4n) is 6.29. The molecule has 1 heteroatoms. The third-order valence-corrected chi connectivity index (χ3v) is 8.01. The lowest BCUT2D eigenvalue weighted by molar-refractivity contribution is 0.666. The molecule has 0 atom stereocenters. The summed E-state index contributed by atoms with van der Waals surface area (Å²) in [7, 11) is 0. The van der Waals surface area contributed by atoms with Gasteiger partial charge in [0.05, 0.1) is 0 Å². The van der Waals surface area contributed by atoms with E-state index in [1.807, 2.05) is 0 Å². The second kappa shape index (κ2) is 8.06. The van der Waals surface area contributed by atoms with Crippen molar-refractivity contribution >= 4 is 54.3 Å². The molecule has 8 rings (SSSR count). The summed E-state index contributed by atoms with van der Waals surface area (Å²) in [5.41, 5.74) is 8.10. The first-order valence-electron chi connectivity index (χ1n) is 13.1. The van der Waals surface area contributed by atoms with Gasteiger partial charge in [-0.15, -0.1) is 0 Å². The molecule has 7 aromatic carbocycles. The minimum absolute atomic E-state index is 0.927. The van der Waals surface area contributed by atoms with E-state index in [-0.39, 0.29) is 0 Å². The van der Waals surface area contributed by atoms with E-state index in [1.54, 1.807) is 0 Å². The monoisotopic (exact) mass is 484 g/mol. The van der Waals surface area contributed by atoms with Crippen LogP contribution in [0, 0.1) is 6.92 Å². The quantitative estimate of drug-likeness (QED) is 0.222. The number of fused-ring (bicyclic) bond motifs is 6. The number of hydrogen-bond donors (Lipinski definition) is 0. The molecular weight excluding hydrogens is 460 g/mol. The number of rotatable bonds is 2. The van der Waals surface area contributed by atoms with Crippen LogP contribution in [0.3, 0.4) is 0 Å². The molecule has 1 aromatic heterocycles. The van der Waals surface area contributed by atoms with Gasteiger partial charge in [0.1, 0.15) is 11.2 Å². The maximum atomic E-state index is 6.43. The van der Waals surface area contributed by atoms with Crippen LogP contribution in [0.25, 0.3) is 76.5 Å². The molecular formula is C37H24O. The third-order valence-electron chi connectivity index (χ3n) is 8.01. The molecule has 0 spiro atoms. The number of benzene rings is 7. The highest BCUT2D eigenvalue weighted by Gasteiger charge is 2.18. The molecule has 0 fully saturated rings. The van der Waals surface area contributed by atoms with E-state index in [4.69, 9.17) is 4.42 Å². The minimum Gasteiger partial charge on any atom is -0.456 e. The standard InChI is InChI=1S/C37H24O/c1-23-27-14-6-5-13-25(27)21-33-32-22-26(19-20-34(32)38-37(23)33)36-30-17-9-7-15-28(30)35(24-11-3-2-4-12-24)29-16-8-10-18-31(29)36/h2-22H,1H3. The van der Waals surface area contributed by atoms with Crippen LogP contribution in [-0.2, 0) is 0 Å². The lowest BCUT2D eigenvalue weighted by Crippen LogP contribution is -1.90. The van der Waals surface area contributed by atoms with Crippen LogP contribution >= 0.6 is 0 Å². The summed E-state index contributed by atoms with van der Waals surface area (Å²) in [6.45, 7) is 2.16. The molecule has 0 radical (unpaired) electrons. The maximum Gasteiger partial charge on any atom is 0.138 e. The van der Waals surface area contributed by atoms with Gasteiger partial charge in [-0.05, 0) is 79.7 Å². The van der Waals surface area contributed by atoms with Gasteiger partial charge in [0.25, 0.3) is 0 Å². The van der Waals surface area contributed by atoms with Crippen LogP contribution in [0.4, 0.5) is 0 Å². The Kier molecular flexibility index (Phi) is 4.50. The minimum atomic E-state index is 0.927. The van der Waals surface area contributed by atoms with Crippen molar-refractivity contribution in [3.63, 3.8) is 0 Å². The molecule has 0 bridgehead atoms. The van der Waals surface area contributed by atoms with E-state index in [9.17, 15) is 0 Å². The fourth-order valence-corrected chi connectivity index (χ4v) is 6.29. The summed E-state index contributed by atoms with van der Waals surface area (Å²) < 4.78 is 6.43. The molecule has 0 amide bonds. The van der Waals surface area contributed by atoms with Crippen molar-refractivity contribution in [3.8, 4) is 22.3 Å². The molecule has 0 saturated heterocycles. The lowest BCUT2D eigenvalue weighted by Gasteiger charge is -2.17. The maximum absolute atomic E-state index is 6.43. The second-order valence-electron chi connectivity index (χ2n) is 10.1. The smallest absolute Gasteiger partial charge is 0.138 e. The Bertz CT molecular complexity index is 2120. The van der Waals surface area contributed by atoms with E-state index < -0.39 is 0 Å². The molecule has 1 nitrogen and oxygen atoms in total. The van der Waals surface area contributed by atoms with Gasteiger partial charge in [0.15, 0.2) is 0 Å². The summed E-state index contributed by atoms with van der Waals surface area (Å²) in [5.74, 6) is 0. The van der Waals surface area contributed by atoms with Crippen molar-refractivity contribution in [2.75, 3.05) is 0 Å². The van der Waals surface area contributed by atoms with E-state index >= 15 is 0 Å². The van der Waals surface area contributed by atoms with E-state index in [0.29, 0.717) is 0 Å². The number of furan rings is 1. The highest BCUT2D eigenvalue weighted by molar-refractivity contribution is 6.22. The topological polar surface area (TPSA) is 13.1 Å². The number of aryl methyl sites for hydroxylation is 1. The molecule has 8 aromatic rings. The SMILES string of the molecule is Cc1c2ccccc2cc2c1oc1ccc(-c3c4ccccc4c(-c4ccccc4)c4ccccc34)cc12. The number of hydrogen-bond acceptors (Lipinski definition) is 1. The first-order chi connectivity index (χ1) is 18.8. The zero-order valence-electron chi connectivity index (χ0n) is 21.0. The molecule has 0 aliphatic carbocycles. The molecule has 0 unspecified atom stereocenters. The van der Waals surface area contributed by atoms with Crippen molar-refractivity contribution < 1.29 is 4.42 Å². The zero-order chi connectivity index (χ0) is 25.2. The van der Waals surface area contributed by atoms with Gasteiger partial charge in [0.2, 0.25) is 0 Å². The highest BCUT2D eigenvalue weighted by atomic mass is 16.3. The Hall–Kier alpha value is -4.88. The van der Waals surface area contributed by atoms with Crippen LogP contribution in [-0.4, -0.2) is 0 Å². The summed E-state index contributed by atoms with van der Waals surface area (Å²) >= 11 is 0. The van der Waals surface area contributed by atoms with Crippen LogP contribution in [0.5, 0.6) is 0 Å². The molecule has 178 valence electrons. The highest BCUT2D eigenvalue weighted by Crippen LogP contribution is 2.45. The molecule has 0 saturated carbocycles. The fraction of sp³-hybridized carbons (Fsp3) is 0.0270. The van der Waals surface area contributed by atoms with Gasteiger partial charge in [0, 0.05) is 16.3 Å². The Labute approximate surface area is 220 Å². The molecule has 0 aliphatic rings. The lowest BCUT2D eigenvalue weighted by atomic mass is 9.86. The average Bonchev–Trinajstić information content (AvgIpc) is 3.34. The van der Waals surface area contributed by atoms with Crippen LogP contribution in [0.2, 0.25) is 0 Å². The Morgan fingerprint density at radius 3 is 1.63 bits per heavy atom. The van der Waals surface area contributed by atoms with Gasteiger partial charge in [-0.2, -0.15) is 0 Å². The van der Waals surface area contributed by atoms with E-state index in [2.05, 4.69) is 134 Å². The first-order valence-corrected chi connectivity index (χ1v) is 13.1. The van der Waals surface area contributed by atoms with Gasteiger partial charge >= 0.3 is 0 Å². The summed E-state index contributed by atoms with van der Waals surface area (Å²) in [4.78, 5) is 0. The van der Waals surface area contributed by atoms with Crippen molar-refractivity contribution in [1.82, 2.24) is 0 Å². The molecule has 38 heavy (non-hydrogen) atoms. The molecule has 1 heterocycles. The van der Waals surface area contributed by atoms with Gasteiger partial charge < -0.3 is 4.42 Å². The second-order valence-corrected chi connectivity index (χ2v) is 10.1. The van der Waals surface area contributed by atoms with E-state index in [0.717, 1.165) is 16.6 Å². The van der Waals surface area contributed by atoms with Crippen molar-refractivity contribution in [3.05, 3.63) is 133 Å². The summed E-state index contributed by atoms with van der Waals surface area (Å²) in [6, 6.07) is 45.9. The zero-order valence-corrected chi connectivity index (χ0v) is 21.0. The summed E-state index contributed by atoms with van der Waals surface area (Å²) in [6.07, 6.45) is 0. The average molecular weight is 485 g/mol. The molecule has 0 N–H and O–H groups in total. The summed E-state index contributed by atoms with van der Waals surface area (Å²) in [5, 5.41) is 9.89. The molecule has 0 aliphatic heterocycles. The predicted octanol–water partition coefficient (Wildman–Crippen LogP) is 10.7. The Morgan fingerprint density at radius 1 is 0.421 bits per heavy atom. The van der Waals surface area contributed by atoms with Crippen molar-refractivity contribution in [2.45, 2.75) is 6.92 Å². The van der Waals surface area contributed by atoms with E-state index in [1.165, 1.54) is 65.5 Å². The Morgan fingerprint density at radius 2 is 0.974 bits per heavy atom. The van der Waals surface area contributed by atoms with Crippen LogP contribution < -0.4 is 0 Å². The normalized spacial score (nSPS) is 11.8. The van der Waals surface area contributed by atoms with Crippen molar-refractivity contribution in [2.24, 2.45) is 0 Å². The van der Waals surface area contributed by atoms with Gasteiger partial charge in [-0.25, -0.2) is 0 Å². The van der Waals surface area contributed by atoms with Gasteiger partial charge in [-0.3, -0.25) is 0 Å².